The largest absolute Gasteiger partial charge is 1.00 e. The van der Waals surface area contributed by atoms with Crippen molar-refractivity contribution in [3.05, 3.63) is 12.7 Å². The Hall–Kier alpha value is -0.0100. The van der Waals surface area contributed by atoms with Crippen molar-refractivity contribution in [3.63, 3.8) is 0 Å². The Kier molecular flexibility index (Phi) is 10.9. The highest BCUT2D eigenvalue weighted by Crippen LogP contribution is 1.86. The standard InChI is InChI=1S/C6H14N.CH4.ClH/c1-5-6-7(2,3)4;;/h5H,1,6H2,2-4H3;1H4;1H/q+1;;/p-1. The van der Waals surface area contributed by atoms with Crippen LogP contribution in [-0.4, -0.2) is 32.2 Å². The van der Waals surface area contributed by atoms with Gasteiger partial charge in [0.05, 0.1) is 27.7 Å². The van der Waals surface area contributed by atoms with E-state index >= 15 is 0 Å². The first-order valence-corrected chi connectivity index (χ1v) is 2.47. The topological polar surface area (TPSA) is 0 Å². The lowest BCUT2D eigenvalue weighted by Gasteiger charge is -2.21. The third kappa shape index (κ3) is 18.0. The molecule has 0 radical (unpaired) electrons. The number of rotatable bonds is 2. The van der Waals surface area contributed by atoms with Gasteiger partial charge in [-0.3, -0.25) is 0 Å². The average molecular weight is 152 g/mol. The van der Waals surface area contributed by atoms with Crippen molar-refractivity contribution in [2.75, 3.05) is 27.7 Å². The van der Waals surface area contributed by atoms with E-state index < -0.39 is 0 Å². The third-order valence-corrected chi connectivity index (χ3v) is 0.677. The van der Waals surface area contributed by atoms with Crippen molar-refractivity contribution in [2.24, 2.45) is 0 Å². The second kappa shape index (κ2) is 6.12. The highest BCUT2D eigenvalue weighted by atomic mass is 35.5. The fourth-order valence-electron chi connectivity index (χ4n) is 0.387. The molecule has 0 rings (SSSR count). The van der Waals surface area contributed by atoms with Gasteiger partial charge < -0.3 is 16.9 Å². The van der Waals surface area contributed by atoms with E-state index in [-0.39, 0.29) is 19.8 Å². The van der Waals surface area contributed by atoms with E-state index in [4.69, 9.17) is 0 Å². The van der Waals surface area contributed by atoms with Crippen LogP contribution in [0.4, 0.5) is 0 Å². The first-order chi connectivity index (χ1) is 3.06. The van der Waals surface area contributed by atoms with E-state index in [0.29, 0.717) is 0 Å². The predicted octanol–water partition coefficient (Wildman–Crippen LogP) is -1.48. The summed E-state index contributed by atoms with van der Waals surface area (Å²) in [5, 5.41) is 0. The van der Waals surface area contributed by atoms with E-state index in [1.807, 2.05) is 6.08 Å². The molecule has 0 saturated carbocycles. The maximum absolute atomic E-state index is 3.63. The van der Waals surface area contributed by atoms with Gasteiger partial charge in [-0.25, -0.2) is 0 Å². The number of nitrogens with zero attached hydrogens (tertiary/aromatic N) is 1. The van der Waals surface area contributed by atoms with Crippen LogP contribution in [-0.2, 0) is 0 Å². The number of hydrogen-bond donors (Lipinski definition) is 0. The minimum absolute atomic E-state index is 0. The summed E-state index contributed by atoms with van der Waals surface area (Å²) in [6, 6.07) is 0. The lowest BCUT2D eigenvalue weighted by Crippen LogP contribution is -3.00. The van der Waals surface area contributed by atoms with Crippen LogP contribution in [0.2, 0.25) is 0 Å². The van der Waals surface area contributed by atoms with Crippen molar-refractivity contribution in [3.8, 4) is 0 Å². The van der Waals surface area contributed by atoms with Gasteiger partial charge in [-0.15, -0.1) is 0 Å². The molecule has 2 heteroatoms. The zero-order valence-corrected chi connectivity index (χ0v) is 6.57. The van der Waals surface area contributed by atoms with Gasteiger partial charge in [-0.1, -0.05) is 14.0 Å². The summed E-state index contributed by atoms with van der Waals surface area (Å²) in [7, 11) is 6.42. The molecular formula is C7H18ClN. The Morgan fingerprint density at radius 2 is 1.67 bits per heavy atom. The van der Waals surface area contributed by atoms with Crippen molar-refractivity contribution >= 4 is 0 Å². The molecule has 0 bridgehead atoms. The Labute approximate surface area is 65.4 Å². The molecule has 0 aromatic rings. The molecule has 0 aliphatic heterocycles. The van der Waals surface area contributed by atoms with Gasteiger partial charge in [-0.05, 0) is 6.08 Å². The molecule has 0 aromatic heterocycles. The molecule has 0 spiro atoms. The summed E-state index contributed by atoms with van der Waals surface area (Å²) in [5.41, 5.74) is 0. The third-order valence-electron chi connectivity index (χ3n) is 0.677. The number of quaternary nitrogens is 1. The summed E-state index contributed by atoms with van der Waals surface area (Å²) in [4.78, 5) is 0. The maximum atomic E-state index is 3.63. The van der Waals surface area contributed by atoms with Gasteiger partial charge in [0.15, 0.2) is 0 Å². The van der Waals surface area contributed by atoms with E-state index in [2.05, 4.69) is 27.7 Å². The second-order valence-corrected chi connectivity index (χ2v) is 2.76. The van der Waals surface area contributed by atoms with Gasteiger partial charge in [0.25, 0.3) is 0 Å². The summed E-state index contributed by atoms with van der Waals surface area (Å²) in [6.07, 6.45) is 1.93. The molecule has 0 heterocycles. The van der Waals surface area contributed by atoms with Crippen LogP contribution in [0.1, 0.15) is 7.43 Å². The molecular weight excluding hydrogens is 134 g/mol. The zero-order chi connectivity index (χ0) is 5.91. The molecule has 0 aliphatic carbocycles. The van der Waals surface area contributed by atoms with Crippen LogP contribution < -0.4 is 12.4 Å². The monoisotopic (exact) mass is 151 g/mol. The van der Waals surface area contributed by atoms with E-state index in [9.17, 15) is 0 Å². The van der Waals surface area contributed by atoms with E-state index in [1.54, 1.807) is 0 Å². The van der Waals surface area contributed by atoms with Crippen molar-refractivity contribution < 1.29 is 16.9 Å². The Morgan fingerprint density at radius 3 is 1.67 bits per heavy atom. The Bertz CT molecular complexity index is 63.8. The highest BCUT2D eigenvalue weighted by molar-refractivity contribution is 4.63. The summed E-state index contributed by atoms with van der Waals surface area (Å²) < 4.78 is 0.976. The molecule has 0 saturated heterocycles. The SMILES string of the molecule is C.C=CC[N+](C)(C)C.[Cl-]. The average Bonchev–Trinajstić information content (AvgIpc) is 1.30. The molecule has 0 N–H and O–H groups in total. The van der Waals surface area contributed by atoms with E-state index in [1.165, 1.54) is 0 Å². The first kappa shape index (κ1) is 16.0. The van der Waals surface area contributed by atoms with Crippen LogP contribution >= 0.6 is 0 Å². The van der Waals surface area contributed by atoms with E-state index in [0.717, 1.165) is 11.0 Å². The van der Waals surface area contributed by atoms with Crippen molar-refractivity contribution in [1.82, 2.24) is 0 Å². The smallest absolute Gasteiger partial charge is 0.0964 e. The van der Waals surface area contributed by atoms with Gasteiger partial charge >= 0.3 is 0 Å². The van der Waals surface area contributed by atoms with Crippen LogP contribution in [0.15, 0.2) is 12.7 Å². The zero-order valence-electron chi connectivity index (χ0n) is 5.82. The Balaban J connectivity index is -0.000000180. The normalized spacial score (nSPS) is 8.78. The van der Waals surface area contributed by atoms with Crippen molar-refractivity contribution in [2.45, 2.75) is 7.43 Å². The molecule has 0 atom stereocenters. The van der Waals surface area contributed by atoms with Crippen LogP contribution in [0, 0.1) is 0 Å². The van der Waals surface area contributed by atoms with Crippen LogP contribution in [0.3, 0.4) is 0 Å². The lowest BCUT2D eigenvalue weighted by molar-refractivity contribution is -0.864. The fraction of sp³-hybridized carbons (Fsp3) is 0.714. The van der Waals surface area contributed by atoms with Crippen molar-refractivity contribution in [1.29, 1.82) is 0 Å². The fourth-order valence-corrected chi connectivity index (χ4v) is 0.387. The van der Waals surface area contributed by atoms with Gasteiger partial charge in [0, 0.05) is 0 Å². The van der Waals surface area contributed by atoms with Gasteiger partial charge in [-0.2, -0.15) is 0 Å². The second-order valence-electron chi connectivity index (χ2n) is 2.76. The Morgan fingerprint density at radius 1 is 1.33 bits per heavy atom. The summed E-state index contributed by atoms with van der Waals surface area (Å²) in [5.74, 6) is 0. The van der Waals surface area contributed by atoms with Crippen LogP contribution in [0.25, 0.3) is 0 Å². The number of hydrogen-bond acceptors (Lipinski definition) is 0. The summed E-state index contributed by atoms with van der Waals surface area (Å²) >= 11 is 0. The minimum atomic E-state index is 0. The molecule has 9 heavy (non-hydrogen) atoms. The van der Waals surface area contributed by atoms with Crippen LogP contribution in [0.5, 0.6) is 0 Å². The number of halogens is 1. The molecule has 1 nitrogen and oxygen atoms in total. The minimum Gasteiger partial charge on any atom is -1.00 e. The van der Waals surface area contributed by atoms with Gasteiger partial charge in [0.2, 0.25) is 0 Å². The highest BCUT2D eigenvalue weighted by Gasteiger charge is 1.99. The molecule has 0 aromatic carbocycles. The molecule has 0 fully saturated rings. The van der Waals surface area contributed by atoms with Gasteiger partial charge in [0.1, 0.15) is 0 Å². The number of likely N-dealkylation sites (N-methyl/N-ethyl adjacent to an activating group) is 1. The lowest BCUT2D eigenvalue weighted by atomic mass is 10.5. The summed E-state index contributed by atoms with van der Waals surface area (Å²) in [6.45, 7) is 4.67. The first-order valence-electron chi connectivity index (χ1n) is 2.47. The molecule has 0 amide bonds. The quantitative estimate of drug-likeness (QED) is 0.334. The maximum Gasteiger partial charge on any atom is 0.0964 e. The molecule has 0 aliphatic rings. The molecule has 0 unspecified atom stereocenters. The predicted molar refractivity (Wildman–Crippen MR) is 39.8 cm³/mol. The molecule has 58 valence electrons.